The molecule has 19 heavy (non-hydrogen) atoms. The molecule has 3 rings (SSSR count). The van der Waals surface area contributed by atoms with Gasteiger partial charge in [0, 0.05) is 10.9 Å². The van der Waals surface area contributed by atoms with E-state index in [1.165, 1.54) is 22.1 Å². The fraction of sp³-hybridized carbons (Fsp3) is 0.182. The van der Waals surface area contributed by atoms with Gasteiger partial charge in [-0.1, -0.05) is 11.6 Å². The van der Waals surface area contributed by atoms with Crippen LogP contribution in [0.15, 0.2) is 29.3 Å². The van der Waals surface area contributed by atoms with Gasteiger partial charge in [-0.05, 0) is 19.1 Å². The van der Waals surface area contributed by atoms with Gasteiger partial charge in [0.15, 0.2) is 5.65 Å². The predicted octanol–water partition coefficient (Wildman–Crippen LogP) is 2.31. The summed E-state index contributed by atoms with van der Waals surface area (Å²) in [6, 6.07) is 5.63. The molecule has 0 aliphatic carbocycles. The van der Waals surface area contributed by atoms with Crippen molar-refractivity contribution < 1.29 is 0 Å². The molecule has 0 bridgehead atoms. The van der Waals surface area contributed by atoms with E-state index >= 15 is 0 Å². The molecule has 1 unspecified atom stereocenters. The zero-order valence-corrected chi connectivity index (χ0v) is 11.5. The van der Waals surface area contributed by atoms with E-state index in [0.717, 1.165) is 9.21 Å². The third-order valence-corrected chi connectivity index (χ3v) is 4.11. The van der Waals surface area contributed by atoms with Crippen molar-refractivity contribution >= 4 is 34.4 Å². The largest absolute Gasteiger partial charge is 0.363 e. The minimum Gasteiger partial charge on any atom is -0.363 e. The number of aromatic amines is 1. The van der Waals surface area contributed by atoms with Crippen LogP contribution in [0.2, 0.25) is 4.34 Å². The highest BCUT2D eigenvalue weighted by molar-refractivity contribution is 7.16. The van der Waals surface area contributed by atoms with E-state index in [1.807, 2.05) is 19.1 Å². The zero-order chi connectivity index (χ0) is 13.4. The Labute approximate surface area is 117 Å². The summed E-state index contributed by atoms with van der Waals surface area (Å²) in [5, 5.41) is 9.50. The Kier molecular flexibility index (Phi) is 3.00. The molecule has 0 saturated carbocycles. The van der Waals surface area contributed by atoms with E-state index in [-0.39, 0.29) is 11.7 Å². The van der Waals surface area contributed by atoms with Crippen LogP contribution in [-0.4, -0.2) is 19.6 Å². The molecule has 0 saturated heterocycles. The number of fused-ring (bicyclic) bond motifs is 1. The van der Waals surface area contributed by atoms with Gasteiger partial charge in [-0.2, -0.15) is 5.10 Å². The number of rotatable bonds is 3. The van der Waals surface area contributed by atoms with E-state index in [1.54, 1.807) is 6.07 Å². The van der Waals surface area contributed by atoms with Crippen molar-refractivity contribution in [2.24, 2.45) is 0 Å². The molecule has 0 radical (unpaired) electrons. The van der Waals surface area contributed by atoms with Crippen LogP contribution in [0.4, 0.5) is 5.82 Å². The molecule has 0 fully saturated rings. The topological polar surface area (TPSA) is 75.1 Å². The van der Waals surface area contributed by atoms with Crippen molar-refractivity contribution in [3.63, 3.8) is 0 Å². The summed E-state index contributed by atoms with van der Waals surface area (Å²) < 4.78 is 2.10. The van der Waals surface area contributed by atoms with E-state index in [0.29, 0.717) is 11.5 Å². The maximum atomic E-state index is 11.3. The number of H-pyrrole nitrogens is 1. The molecule has 0 amide bonds. The molecule has 3 heterocycles. The van der Waals surface area contributed by atoms with Gasteiger partial charge in [0.05, 0.1) is 10.4 Å². The quantitative estimate of drug-likeness (QED) is 0.777. The average Bonchev–Trinajstić information content (AvgIpc) is 2.97. The Morgan fingerprint density at radius 1 is 1.53 bits per heavy atom. The summed E-state index contributed by atoms with van der Waals surface area (Å²) in [5.74, 6) is 0.656. The Hall–Kier alpha value is -1.86. The minimum atomic E-state index is -0.299. The van der Waals surface area contributed by atoms with Gasteiger partial charge < -0.3 is 5.32 Å². The van der Waals surface area contributed by atoms with Crippen LogP contribution in [0.25, 0.3) is 5.65 Å². The van der Waals surface area contributed by atoms with Crippen LogP contribution in [-0.2, 0) is 0 Å². The molecule has 98 valence electrons. The standard InChI is InChI=1S/C11H10ClN5OS/c1-6(7-2-3-8(12)19-7)14-9-4-10-15-16-11(18)17(10)5-13-9/h2-6,14H,1H3,(H,16,18). The lowest BCUT2D eigenvalue weighted by Crippen LogP contribution is -2.11. The van der Waals surface area contributed by atoms with Crippen molar-refractivity contribution in [3.8, 4) is 0 Å². The maximum Gasteiger partial charge on any atom is 0.348 e. The molecule has 1 atom stereocenters. The third kappa shape index (κ3) is 2.34. The number of nitrogens with one attached hydrogen (secondary N) is 2. The molecule has 0 aromatic carbocycles. The van der Waals surface area contributed by atoms with Crippen LogP contribution in [0.1, 0.15) is 17.8 Å². The van der Waals surface area contributed by atoms with Crippen LogP contribution < -0.4 is 11.0 Å². The fourth-order valence-corrected chi connectivity index (χ4v) is 2.81. The molecule has 0 spiro atoms. The summed E-state index contributed by atoms with van der Waals surface area (Å²) in [4.78, 5) is 16.6. The van der Waals surface area contributed by atoms with E-state index in [9.17, 15) is 4.79 Å². The number of anilines is 1. The fourth-order valence-electron chi connectivity index (χ4n) is 1.74. The number of hydrogen-bond donors (Lipinski definition) is 2. The van der Waals surface area contributed by atoms with Crippen molar-refractivity contribution in [2.75, 3.05) is 5.32 Å². The molecule has 3 aromatic heterocycles. The van der Waals surface area contributed by atoms with Gasteiger partial charge in [0.2, 0.25) is 0 Å². The summed E-state index contributed by atoms with van der Waals surface area (Å²) in [6.45, 7) is 2.02. The Balaban J connectivity index is 1.86. The highest BCUT2D eigenvalue weighted by atomic mass is 35.5. The minimum absolute atomic E-state index is 0.0816. The molecule has 6 nitrogen and oxygen atoms in total. The summed E-state index contributed by atoms with van der Waals surface area (Å²) >= 11 is 7.43. The van der Waals surface area contributed by atoms with E-state index < -0.39 is 0 Å². The number of nitrogens with zero attached hydrogens (tertiary/aromatic N) is 3. The second-order valence-corrected chi connectivity index (χ2v) is 5.79. The van der Waals surface area contributed by atoms with Gasteiger partial charge in [-0.25, -0.2) is 19.3 Å². The van der Waals surface area contributed by atoms with Crippen LogP contribution >= 0.6 is 22.9 Å². The molecule has 0 aliphatic heterocycles. The van der Waals surface area contributed by atoms with Crippen molar-refractivity contribution in [3.05, 3.63) is 44.2 Å². The first-order valence-corrected chi connectivity index (χ1v) is 6.77. The van der Waals surface area contributed by atoms with E-state index in [2.05, 4.69) is 20.5 Å². The first-order valence-electron chi connectivity index (χ1n) is 5.58. The highest BCUT2D eigenvalue weighted by Gasteiger charge is 2.10. The van der Waals surface area contributed by atoms with Crippen LogP contribution in [0.5, 0.6) is 0 Å². The zero-order valence-electron chi connectivity index (χ0n) is 9.92. The SMILES string of the molecule is CC(Nc1cc2n[nH]c(=O)n2cn1)c1ccc(Cl)s1. The molecule has 3 aromatic rings. The van der Waals surface area contributed by atoms with Crippen LogP contribution in [0, 0.1) is 0 Å². The maximum absolute atomic E-state index is 11.3. The summed E-state index contributed by atoms with van der Waals surface area (Å²) in [7, 11) is 0. The van der Waals surface area contributed by atoms with Gasteiger partial charge in [-0.15, -0.1) is 11.3 Å². The van der Waals surface area contributed by atoms with Crippen molar-refractivity contribution in [1.29, 1.82) is 0 Å². The van der Waals surface area contributed by atoms with Crippen LogP contribution in [0.3, 0.4) is 0 Å². The smallest absolute Gasteiger partial charge is 0.348 e. The molecular weight excluding hydrogens is 286 g/mol. The number of thiophene rings is 1. The second kappa shape index (κ2) is 4.67. The number of aromatic nitrogens is 4. The van der Waals surface area contributed by atoms with Crippen molar-refractivity contribution in [1.82, 2.24) is 19.6 Å². The first kappa shape index (κ1) is 12.2. The van der Waals surface area contributed by atoms with Gasteiger partial charge in [-0.3, -0.25) is 0 Å². The molecule has 0 aliphatic rings. The predicted molar refractivity (Wildman–Crippen MR) is 75.0 cm³/mol. The summed E-state index contributed by atoms with van der Waals surface area (Å²) in [6.07, 6.45) is 1.44. The molecular formula is C11H10ClN5OS. The lowest BCUT2D eigenvalue weighted by atomic mass is 10.3. The lowest BCUT2D eigenvalue weighted by molar-refractivity contribution is 0.889. The molecule has 2 N–H and O–H groups in total. The Morgan fingerprint density at radius 3 is 3.11 bits per heavy atom. The average molecular weight is 296 g/mol. The number of halogens is 1. The normalized spacial score (nSPS) is 12.7. The highest BCUT2D eigenvalue weighted by Crippen LogP contribution is 2.28. The number of hydrogen-bond acceptors (Lipinski definition) is 5. The Morgan fingerprint density at radius 2 is 2.37 bits per heavy atom. The molecule has 8 heteroatoms. The Bertz CT molecular complexity index is 777. The van der Waals surface area contributed by atoms with Gasteiger partial charge >= 0.3 is 5.69 Å². The third-order valence-electron chi connectivity index (χ3n) is 2.69. The lowest BCUT2D eigenvalue weighted by Gasteiger charge is -2.12. The van der Waals surface area contributed by atoms with E-state index in [4.69, 9.17) is 11.6 Å². The first-order chi connectivity index (χ1) is 9.13. The van der Waals surface area contributed by atoms with Crippen molar-refractivity contribution in [2.45, 2.75) is 13.0 Å². The van der Waals surface area contributed by atoms with Gasteiger partial charge in [0.1, 0.15) is 12.1 Å². The summed E-state index contributed by atoms with van der Waals surface area (Å²) in [5.41, 5.74) is 0.228. The monoisotopic (exact) mass is 295 g/mol. The van der Waals surface area contributed by atoms with Gasteiger partial charge in [0.25, 0.3) is 0 Å². The second-order valence-electron chi connectivity index (χ2n) is 4.04.